The van der Waals surface area contributed by atoms with Crippen LogP contribution >= 0.6 is 0 Å². The van der Waals surface area contributed by atoms with Gasteiger partial charge in [0, 0.05) is 5.56 Å². The molecule has 1 aromatic rings. The van der Waals surface area contributed by atoms with Crippen molar-refractivity contribution in [3.8, 4) is 17.2 Å². The van der Waals surface area contributed by atoms with E-state index in [0.717, 1.165) is 11.3 Å². The Kier molecular flexibility index (Phi) is 2.85. The van der Waals surface area contributed by atoms with E-state index in [4.69, 9.17) is 19.0 Å². The molecule has 0 radical (unpaired) electrons. The van der Waals surface area contributed by atoms with Crippen molar-refractivity contribution in [2.75, 3.05) is 27.9 Å². The molecule has 1 aliphatic rings. The molecule has 0 atom stereocenters. The molecule has 0 amide bonds. The van der Waals surface area contributed by atoms with Gasteiger partial charge in [0.05, 0.1) is 14.2 Å². The summed E-state index contributed by atoms with van der Waals surface area (Å²) in [6, 6.07) is 3.69. The number of hydrogen-bond donors (Lipinski definition) is 0. The van der Waals surface area contributed by atoms with Crippen molar-refractivity contribution >= 4 is 5.71 Å². The molecular weight excluding hydrogens is 210 g/mol. The minimum atomic E-state index is 0.382. The van der Waals surface area contributed by atoms with Crippen LogP contribution in [-0.2, 0) is 4.84 Å². The summed E-state index contributed by atoms with van der Waals surface area (Å²) >= 11 is 0. The molecule has 1 aliphatic heterocycles. The van der Waals surface area contributed by atoms with Gasteiger partial charge in [-0.1, -0.05) is 5.16 Å². The van der Waals surface area contributed by atoms with E-state index in [1.54, 1.807) is 14.2 Å². The van der Waals surface area contributed by atoms with Gasteiger partial charge in [-0.2, -0.15) is 0 Å². The molecule has 2 rings (SSSR count). The number of benzene rings is 1. The number of fused-ring (bicyclic) bond motifs is 1. The molecule has 0 N–H and O–H groups in total. The Hall–Kier alpha value is -1.91. The van der Waals surface area contributed by atoms with Gasteiger partial charge in [-0.3, -0.25) is 0 Å². The summed E-state index contributed by atoms with van der Waals surface area (Å²) in [6.45, 7) is 0.382. The molecule has 0 spiro atoms. The first kappa shape index (κ1) is 10.6. The van der Waals surface area contributed by atoms with Crippen molar-refractivity contribution in [1.29, 1.82) is 0 Å². The molecule has 1 heterocycles. The van der Waals surface area contributed by atoms with Gasteiger partial charge < -0.3 is 19.0 Å². The Labute approximate surface area is 93.6 Å². The first-order valence-corrected chi connectivity index (χ1v) is 4.80. The van der Waals surface area contributed by atoms with Gasteiger partial charge in [0.25, 0.3) is 0 Å². The Morgan fingerprint density at radius 1 is 1.19 bits per heavy atom. The highest BCUT2D eigenvalue weighted by molar-refractivity contribution is 6.07. The third kappa shape index (κ3) is 1.54. The molecule has 0 aromatic heterocycles. The zero-order chi connectivity index (χ0) is 11.5. The highest BCUT2D eigenvalue weighted by Gasteiger charge is 2.26. The summed E-state index contributed by atoms with van der Waals surface area (Å²) in [5, 5.41) is 3.89. The fourth-order valence-electron chi connectivity index (χ4n) is 1.67. The van der Waals surface area contributed by atoms with Crippen molar-refractivity contribution in [2.45, 2.75) is 0 Å². The number of oxime groups is 1. The average molecular weight is 223 g/mol. The molecule has 0 bridgehead atoms. The molecule has 0 fully saturated rings. The molecule has 16 heavy (non-hydrogen) atoms. The van der Waals surface area contributed by atoms with Gasteiger partial charge in [-0.25, -0.2) is 0 Å². The fraction of sp³-hybridized carbons (Fsp3) is 0.364. The quantitative estimate of drug-likeness (QED) is 0.728. The van der Waals surface area contributed by atoms with Crippen LogP contribution < -0.4 is 14.2 Å². The number of nitrogens with zero attached hydrogens (tertiary/aromatic N) is 1. The standard InChI is InChI=1S/C11H13NO4/c1-13-9-5-4-7-8(12-15-3)6-16-10(7)11(9)14-2/h4-5H,6H2,1-3H3. The smallest absolute Gasteiger partial charge is 0.204 e. The van der Waals surface area contributed by atoms with Crippen molar-refractivity contribution < 1.29 is 19.0 Å². The maximum Gasteiger partial charge on any atom is 0.204 e. The minimum Gasteiger partial charge on any atom is -0.493 e. The lowest BCUT2D eigenvalue weighted by Gasteiger charge is -2.10. The van der Waals surface area contributed by atoms with Crippen molar-refractivity contribution in [3.63, 3.8) is 0 Å². The average Bonchev–Trinajstić information content (AvgIpc) is 2.72. The molecule has 0 saturated heterocycles. The lowest BCUT2D eigenvalue weighted by molar-refractivity contribution is 0.211. The molecule has 0 unspecified atom stereocenters. The van der Waals surface area contributed by atoms with Crippen LogP contribution in [0.1, 0.15) is 5.56 Å². The molecule has 0 aliphatic carbocycles. The van der Waals surface area contributed by atoms with E-state index in [-0.39, 0.29) is 0 Å². The normalized spacial score (nSPS) is 15.6. The van der Waals surface area contributed by atoms with Crippen LogP contribution in [0.15, 0.2) is 17.3 Å². The van der Waals surface area contributed by atoms with Gasteiger partial charge in [-0.15, -0.1) is 0 Å². The fourth-order valence-corrected chi connectivity index (χ4v) is 1.67. The van der Waals surface area contributed by atoms with Crippen LogP contribution in [0.4, 0.5) is 0 Å². The predicted octanol–water partition coefficient (Wildman–Crippen LogP) is 1.45. The van der Waals surface area contributed by atoms with E-state index in [9.17, 15) is 0 Å². The van der Waals surface area contributed by atoms with E-state index in [1.807, 2.05) is 12.1 Å². The summed E-state index contributed by atoms with van der Waals surface area (Å²) in [4.78, 5) is 4.75. The maximum absolute atomic E-state index is 5.51. The van der Waals surface area contributed by atoms with Gasteiger partial charge in [0.1, 0.15) is 19.4 Å². The van der Waals surface area contributed by atoms with Crippen molar-refractivity contribution in [1.82, 2.24) is 0 Å². The third-order valence-corrected chi connectivity index (χ3v) is 2.37. The van der Waals surface area contributed by atoms with Crippen LogP contribution in [-0.4, -0.2) is 33.6 Å². The van der Waals surface area contributed by atoms with E-state index >= 15 is 0 Å². The van der Waals surface area contributed by atoms with Crippen LogP contribution in [0, 0.1) is 0 Å². The molecule has 5 heteroatoms. The Morgan fingerprint density at radius 3 is 2.62 bits per heavy atom. The lowest BCUT2D eigenvalue weighted by Crippen LogP contribution is -2.02. The first-order valence-electron chi connectivity index (χ1n) is 4.80. The van der Waals surface area contributed by atoms with Crippen LogP contribution in [0.25, 0.3) is 0 Å². The zero-order valence-electron chi connectivity index (χ0n) is 9.44. The summed E-state index contributed by atoms with van der Waals surface area (Å²) in [6.07, 6.45) is 0. The topological polar surface area (TPSA) is 49.3 Å². The number of methoxy groups -OCH3 is 2. The predicted molar refractivity (Wildman–Crippen MR) is 58.6 cm³/mol. The summed E-state index contributed by atoms with van der Waals surface area (Å²) in [5.41, 5.74) is 1.62. The van der Waals surface area contributed by atoms with E-state index in [0.29, 0.717) is 23.9 Å². The molecule has 1 aromatic carbocycles. The molecular formula is C11H13NO4. The SMILES string of the molecule is CON=C1COc2c1ccc(OC)c2OC. The number of hydrogen-bond acceptors (Lipinski definition) is 5. The van der Waals surface area contributed by atoms with Crippen LogP contribution in [0.3, 0.4) is 0 Å². The maximum atomic E-state index is 5.51. The van der Waals surface area contributed by atoms with Gasteiger partial charge in [-0.05, 0) is 12.1 Å². The second kappa shape index (κ2) is 4.30. The Balaban J connectivity index is 2.52. The highest BCUT2D eigenvalue weighted by Crippen LogP contribution is 2.42. The lowest BCUT2D eigenvalue weighted by atomic mass is 10.1. The van der Waals surface area contributed by atoms with Crippen LogP contribution in [0.5, 0.6) is 17.2 Å². The highest BCUT2D eigenvalue weighted by atomic mass is 16.6. The van der Waals surface area contributed by atoms with Crippen molar-refractivity contribution in [2.24, 2.45) is 5.16 Å². The van der Waals surface area contributed by atoms with E-state index < -0.39 is 0 Å². The Bertz CT molecular complexity index is 428. The minimum absolute atomic E-state index is 0.382. The van der Waals surface area contributed by atoms with E-state index in [1.165, 1.54) is 7.11 Å². The summed E-state index contributed by atoms with van der Waals surface area (Å²) in [7, 11) is 4.67. The monoisotopic (exact) mass is 223 g/mol. The largest absolute Gasteiger partial charge is 0.493 e. The number of rotatable bonds is 3. The van der Waals surface area contributed by atoms with Gasteiger partial charge in [0.2, 0.25) is 5.75 Å². The molecule has 86 valence electrons. The summed E-state index contributed by atoms with van der Waals surface area (Å²) < 4.78 is 16.0. The molecule has 0 saturated carbocycles. The summed E-state index contributed by atoms with van der Waals surface area (Å²) in [5.74, 6) is 1.87. The van der Waals surface area contributed by atoms with Crippen molar-refractivity contribution in [3.05, 3.63) is 17.7 Å². The Morgan fingerprint density at radius 2 is 2.00 bits per heavy atom. The third-order valence-electron chi connectivity index (χ3n) is 2.37. The second-order valence-electron chi connectivity index (χ2n) is 3.19. The molecule has 5 nitrogen and oxygen atoms in total. The zero-order valence-corrected chi connectivity index (χ0v) is 9.44. The first-order chi connectivity index (χ1) is 7.81. The second-order valence-corrected chi connectivity index (χ2v) is 3.19. The van der Waals surface area contributed by atoms with Gasteiger partial charge in [0.15, 0.2) is 11.5 Å². The van der Waals surface area contributed by atoms with Crippen LogP contribution in [0.2, 0.25) is 0 Å². The number of ether oxygens (including phenoxy) is 3. The van der Waals surface area contributed by atoms with E-state index in [2.05, 4.69) is 5.16 Å². The van der Waals surface area contributed by atoms with Gasteiger partial charge >= 0.3 is 0 Å².